The molecule has 2 aromatic rings. The zero-order valence-electron chi connectivity index (χ0n) is 12.1. The van der Waals surface area contributed by atoms with E-state index in [1.165, 1.54) is 0 Å². The van der Waals surface area contributed by atoms with Crippen molar-refractivity contribution < 1.29 is 8.42 Å². The van der Waals surface area contributed by atoms with Crippen LogP contribution >= 0.6 is 15.9 Å². The molecule has 2 heterocycles. The smallest absolute Gasteiger partial charge is 0.243 e. The van der Waals surface area contributed by atoms with E-state index in [2.05, 4.69) is 21.0 Å². The minimum Gasteiger partial charge on any atom is -0.272 e. The van der Waals surface area contributed by atoms with Crippen LogP contribution in [0.2, 0.25) is 0 Å². The summed E-state index contributed by atoms with van der Waals surface area (Å²) in [7, 11) is -3.37. The molecular weight excluding hydrogens is 366 g/mol. The maximum atomic E-state index is 12.6. The number of rotatable bonds is 4. The molecule has 5 nitrogen and oxygen atoms in total. The topological polar surface area (TPSA) is 55.2 Å². The zero-order chi connectivity index (χ0) is 15.6. The molecule has 0 radical (unpaired) electrons. The first kappa shape index (κ1) is 15.7. The highest BCUT2D eigenvalue weighted by molar-refractivity contribution is 9.10. The summed E-state index contributed by atoms with van der Waals surface area (Å²) < 4.78 is 29.6. The van der Waals surface area contributed by atoms with Crippen molar-refractivity contribution in [3.8, 4) is 0 Å². The van der Waals surface area contributed by atoms with Gasteiger partial charge in [0.2, 0.25) is 10.0 Å². The monoisotopic (exact) mass is 383 g/mol. The first-order valence-electron chi connectivity index (χ1n) is 7.29. The average molecular weight is 384 g/mol. The van der Waals surface area contributed by atoms with E-state index in [9.17, 15) is 8.42 Å². The second-order valence-corrected chi connectivity index (χ2v) is 8.38. The highest BCUT2D eigenvalue weighted by Crippen LogP contribution is 2.25. The molecule has 118 valence electrons. The summed E-state index contributed by atoms with van der Waals surface area (Å²) in [6.45, 7) is 2.01. The van der Waals surface area contributed by atoms with Gasteiger partial charge in [0.25, 0.3) is 0 Å². The van der Waals surface area contributed by atoms with E-state index in [0.29, 0.717) is 23.9 Å². The lowest BCUT2D eigenvalue weighted by Gasteiger charge is -2.31. The van der Waals surface area contributed by atoms with Gasteiger partial charge in [0.1, 0.15) is 0 Å². The Balaban J connectivity index is 1.64. The van der Waals surface area contributed by atoms with Gasteiger partial charge in [-0.25, -0.2) is 8.42 Å². The summed E-state index contributed by atoms with van der Waals surface area (Å²) in [5, 5.41) is 4.21. The second-order valence-electron chi connectivity index (χ2n) is 5.53. The number of nitrogens with zero attached hydrogens (tertiary/aromatic N) is 3. The third-order valence-electron chi connectivity index (χ3n) is 4.03. The summed E-state index contributed by atoms with van der Waals surface area (Å²) in [5.74, 6) is 0.483. The third kappa shape index (κ3) is 3.42. The minimum absolute atomic E-state index is 0.362. The summed E-state index contributed by atoms with van der Waals surface area (Å²) in [5.41, 5.74) is 0. The standard InChI is InChI=1S/C15H18BrN3O2S/c16-14-2-4-15(5-3-14)22(20,21)19-10-6-13(7-11-19)12-18-9-1-8-17-18/h1-5,8-9,13H,6-7,10-12H2. The molecule has 3 rings (SSSR count). The van der Waals surface area contributed by atoms with Crippen LogP contribution in [0.15, 0.2) is 52.1 Å². The van der Waals surface area contributed by atoms with Crippen LogP contribution in [0, 0.1) is 5.92 Å². The zero-order valence-corrected chi connectivity index (χ0v) is 14.5. The van der Waals surface area contributed by atoms with Crippen molar-refractivity contribution in [1.82, 2.24) is 14.1 Å². The molecule has 1 aliphatic rings. The summed E-state index contributed by atoms with van der Waals surface area (Å²) in [6, 6.07) is 8.73. The minimum atomic E-state index is -3.37. The van der Waals surface area contributed by atoms with Gasteiger partial charge in [-0.1, -0.05) is 15.9 Å². The molecule has 0 spiro atoms. The maximum absolute atomic E-state index is 12.6. The molecule has 1 fully saturated rings. The largest absolute Gasteiger partial charge is 0.272 e. The van der Waals surface area contributed by atoms with E-state index >= 15 is 0 Å². The van der Waals surface area contributed by atoms with E-state index in [0.717, 1.165) is 23.9 Å². The van der Waals surface area contributed by atoms with Crippen molar-refractivity contribution >= 4 is 26.0 Å². The Labute approximate surface area is 139 Å². The molecule has 1 aromatic carbocycles. The molecule has 1 aromatic heterocycles. The lowest BCUT2D eigenvalue weighted by Crippen LogP contribution is -2.39. The number of hydrogen-bond acceptors (Lipinski definition) is 3. The van der Waals surface area contributed by atoms with Crippen molar-refractivity contribution in [3.63, 3.8) is 0 Å². The van der Waals surface area contributed by atoms with Crippen LogP contribution in [0.5, 0.6) is 0 Å². The summed E-state index contributed by atoms with van der Waals surface area (Å²) in [4.78, 5) is 0.362. The highest BCUT2D eigenvalue weighted by Gasteiger charge is 2.29. The molecular formula is C15H18BrN3O2S. The van der Waals surface area contributed by atoms with E-state index in [1.54, 1.807) is 34.8 Å². The van der Waals surface area contributed by atoms with Gasteiger partial charge in [0.05, 0.1) is 4.90 Å². The molecule has 0 aliphatic carbocycles. The van der Waals surface area contributed by atoms with Crippen LogP contribution in [0.25, 0.3) is 0 Å². The first-order chi connectivity index (χ1) is 10.6. The SMILES string of the molecule is O=S(=O)(c1ccc(Br)cc1)N1CCC(Cn2cccn2)CC1. The Morgan fingerprint density at radius 1 is 1.18 bits per heavy atom. The number of halogens is 1. The van der Waals surface area contributed by atoms with Gasteiger partial charge in [-0.15, -0.1) is 0 Å². The van der Waals surface area contributed by atoms with Gasteiger partial charge in [-0.05, 0) is 49.1 Å². The summed E-state index contributed by atoms with van der Waals surface area (Å²) >= 11 is 3.33. The van der Waals surface area contributed by atoms with Crippen LogP contribution in [0.4, 0.5) is 0 Å². The first-order valence-corrected chi connectivity index (χ1v) is 9.52. The second kappa shape index (κ2) is 6.52. The Morgan fingerprint density at radius 2 is 1.86 bits per heavy atom. The molecule has 1 aliphatic heterocycles. The van der Waals surface area contributed by atoms with Crippen molar-refractivity contribution in [2.24, 2.45) is 5.92 Å². The number of benzene rings is 1. The number of hydrogen-bond donors (Lipinski definition) is 0. The molecule has 22 heavy (non-hydrogen) atoms. The quantitative estimate of drug-likeness (QED) is 0.815. The number of sulfonamides is 1. The van der Waals surface area contributed by atoms with E-state index in [1.807, 2.05) is 16.9 Å². The average Bonchev–Trinajstić information content (AvgIpc) is 3.01. The van der Waals surface area contributed by atoms with Crippen molar-refractivity contribution in [2.45, 2.75) is 24.3 Å². The molecule has 0 amide bonds. The van der Waals surface area contributed by atoms with Crippen molar-refractivity contribution in [2.75, 3.05) is 13.1 Å². The van der Waals surface area contributed by atoms with Gasteiger partial charge in [-0.3, -0.25) is 4.68 Å². The third-order valence-corrected chi connectivity index (χ3v) is 6.47. The fourth-order valence-electron chi connectivity index (χ4n) is 2.76. The Kier molecular flexibility index (Phi) is 4.65. The lowest BCUT2D eigenvalue weighted by molar-refractivity contribution is 0.247. The Bertz CT molecular complexity index is 706. The fourth-order valence-corrected chi connectivity index (χ4v) is 4.49. The predicted molar refractivity (Wildman–Crippen MR) is 87.9 cm³/mol. The van der Waals surface area contributed by atoms with Gasteiger partial charge in [0.15, 0.2) is 0 Å². The highest BCUT2D eigenvalue weighted by atomic mass is 79.9. The van der Waals surface area contributed by atoms with Crippen molar-refractivity contribution in [1.29, 1.82) is 0 Å². The van der Waals surface area contributed by atoms with E-state index in [-0.39, 0.29) is 0 Å². The van der Waals surface area contributed by atoms with Crippen LogP contribution in [0.1, 0.15) is 12.8 Å². The molecule has 0 saturated carbocycles. The lowest BCUT2D eigenvalue weighted by atomic mass is 9.98. The van der Waals surface area contributed by atoms with Crippen LogP contribution in [-0.2, 0) is 16.6 Å². The molecule has 0 atom stereocenters. The van der Waals surface area contributed by atoms with E-state index in [4.69, 9.17) is 0 Å². The predicted octanol–water partition coefficient (Wildman–Crippen LogP) is 2.75. The van der Waals surface area contributed by atoms with Crippen LogP contribution < -0.4 is 0 Å². The molecule has 7 heteroatoms. The number of aromatic nitrogens is 2. The number of piperidine rings is 1. The summed E-state index contributed by atoms with van der Waals surface area (Å²) in [6.07, 6.45) is 5.46. The Morgan fingerprint density at radius 3 is 2.45 bits per heavy atom. The van der Waals surface area contributed by atoms with Gasteiger partial charge >= 0.3 is 0 Å². The van der Waals surface area contributed by atoms with Gasteiger partial charge in [-0.2, -0.15) is 9.40 Å². The maximum Gasteiger partial charge on any atom is 0.243 e. The van der Waals surface area contributed by atoms with Crippen LogP contribution in [0.3, 0.4) is 0 Å². The normalized spacial score (nSPS) is 17.7. The molecule has 0 bridgehead atoms. The van der Waals surface area contributed by atoms with Crippen LogP contribution in [-0.4, -0.2) is 35.6 Å². The molecule has 0 unspecified atom stereocenters. The van der Waals surface area contributed by atoms with Gasteiger partial charge in [0, 0.05) is 36.5 Å². The van der Waals surface area contributed by atoms with Crippen molar-refractivity contribution in [3.05, 3.63) is 47.2 Å². The molecule has 1 saturated heterocycles. The fraction of sp³-hybridized carbons (Fsp3) is 0.400. The van der Waals surface area contributed by atoms with Gasteiger partial charge < -0.3 is 0 Å². The van der Waals surface area contributed by atoms with E-state index < -0.39 is 10.0 Å². The molecule has 0 N–H and O–H groups in total. The Hall–Kier alpha value is -1.18.